The highest BCUT2D eigenvalue weighted by Gasteiger charge is 2.15. The number of hydrogen-bond donors (Lipinski definition) is 1. The molecule has 0 spiro atoms. The van der Waals surface area contributed by atoms with Crippen molar-refractivity contribution in [3.63, 3.8) is 0 Å². The molecule has 0 fully saturated rings. The van der Waals surface area contributed by atoms with Crippen molar-refractivity contribution in [2.45, 2.75) is 12.5 Å². The topological polar surface area (TPSA) is 81.5 Å². The molecule has 0 unspecified atom stereocenters. The van der Waals surface area contributed by atoms with E-state index in [1.54, 1.807) is 31.4 Å². The van der Waals surface area contributed by atoms with Crippen molar-refractivity contribution in [3.8, 4) is 5.75 Å². The first-order valence-corrected chi connectivity index (χ1v) is 9.47. The van der Waals surface area contributed by atoms with Crippen molar-refractivity contribution in [3.05, 3.63) is 106 Å². The Morgan fingerprint density at radius 2 is 1.70 bits per heavy atom. The second kappa shape index (κ2) is 10.0. The third-order valence-corrected chi connectivity index (χ3v) is 4.57. The van der Waals surface area contributed by atoms with Gasteiger partial charge in [-0.2, -0.15) is 0 Å². The van der Waals surface area contributed by atoms with Crippen LogP contribution in [0.1, 0.15) is 22.3 Å². The lowest BCUT2D eigenvalue weighted by Gasteiger charge is -2.18. The standard InChI is InChI=1S/C24H22N2O4/c1-30-24-10-6-5-9-22(24)25-20(17-23(27)19-7-3-2-4-8-19)14-11-18-12-15-21(16-13-18)26(28)29/h2-16,20,25H,17H2,1H3/b14-11+/t20-/m0/s1. The molecule has 1 N–H and O–H groups in total. The van der Waals surface area contributed by atoms with Crippen LogP contribution < -0.4 is 10.1 Å². The number of non-ortho nitro benzene ring substituents is 1. The third-order valence-electron chi connectivity index (χ3n) is 4.57. The summed E-state index contributed by atoms with van der Waals surface area (Å²) in [5.74, 6) is 0.690. The Balaban J connectivity index is 1.82. The number of nitrogens with one attached hydrogen (secondary N) is 1. The predicted molar refractivity (Wildman–Crippen MR) is 118 cm³/mol. The molecule has 3 aromatic rings. The number of anilines is 1. The Bertz CT molecular complexity index is 1030. The zero-order valence-electron chi connectivity index (χ0n) is 16.5. The summed E-state index contributed by atoms with van der Waals surface area (Å²) in [5, 5.41) is 14.2. The minimum atomic E-state index is -0.432. The maximum absolute atomic E-state index is 12.8. The molecule has 1 atom stereocenters. The van der Waals surface area contributed by atoms with Crippen LogP contribution in [0.4, 0.5) is 11.4 Å². The van der Waals surface area contributed by atoms with Gasteiger partial charge in [0.15, 0.2) is 5.78 Å². The molecular weight excluding hydrogens is 380 g/mol. The van der Waals surface area contributed by atoms with Gasteiger partial charge in [-0.15, -0.1) is 0 Å². The molecule has 0 saturated carbocycles. The average Bonchev–Trinajstić information content (AvgIpc) is 2.78. The number of ketones is 1. The van der Waals surface area contributed by atoms with Crippen LogP contribution >= 0.6 is 0 Å². The van der Waals surface area contributed by atoms with Gasteiger partial charge in [0.1, 0.15) is 5.75 Å². The Morgan fingerprint density at radius 1 is 1.03 bits per heavy atom. The molecule has 152 valence electrons. The van der Waals surface area contributed by atoms with E-state index in [1.807, 2.05) is 54.6 Å². The van der Waals surface area contributed by atoms with E-state index >= 15 is 0 Å². The van der Waals surface area contributed by atoms with Crippen LogP contribution in [0.3, 0.4) is 0 Å². The van der Waals surface area contributed by atoms with Crippen molar-refractivity contribution < 1.29 is 14.5 Å². The lowest BCUT2D eigenvalue weighted by molar-refractivity contribution is -0.384. The number of carbonyl (C=O) groups excluding carboxylic acids is 1. The smallest absolute Gasteiger partial charge is 0.269 e. The van der Waals surface area contributed by atoms with Gasteiger partial charge >= 0.3 is 0 Å². The fourth-order valence-electron chi connectivity index (χ4n) is 3.01. The summed E-state index contributed by atoms with van der Waals surface area (Å²) in [6.45, 7) is 0. The van der Waals surface area contributed by atoms with Crippen LogP contribution in [0.5, 0.6) is 5.75 Å². The van der Waals surface area contributed by atoms with Crippen molar-refractivity contribution in [2.75, 3.05) is 12.4 Å². The van der Waals surface area contributed by atoms with Crippen LogP contribution in [0.15, 0.2) is 84.9 Å². The van der Waals surface area contributed by atoms with Crippen LogP contribution in [-0.4, -0.2) is 23.9 Å². The van der Waals surface area contributed by atoms with Crippen LogP contribution in [0.25, 0.3) is 6.08 Å². The molecule has 0 saturated heterocycles. The molecule has 0 aliphatic carbocycles. The first-order chi connectivity index (χ1) is 14.6. The zero-order chi connectivity index (χ0) is 21.3. The molecule has 3 aromatic carbocycles. The third kappa shape index (κ3) is 5.54. The quantitative estimate of drug-likeness (QED) is 0.296. The van der Waals surface area contributed by atoms with E-state index in [0.29, 0.717) is 11.3 Å². The summed E-state index contributed by atoms with van der Waals surface area (Å²) >= 11 is 0. The van der Waals surface area contributed by atoms with Crippen molar-refractivity contribution in [2.24, 2.45) is 0 Å². The fraction of sp³-hybridized carbons (Fsp3) is 0.125. The highest BCUT2D eigenvalue weighted by atomic mass is 16.6. The number of nitro benzene ring substituents is 1. The largest absolute Gasteiger partial charge is 0.495 e. The van der Waals surface area contributed by atoms with E-state index in [-0.39, 0.29) is 23.9 Å². The van der Waals surface area contributed by atoms with Gasteiger partial charge in [0.05, 0.1) is 23.8 Å². The maximum atomic E-state index is 12.8. The average molecular weight is 402 g/mol. The van der Waals surface area contributed by atoms with E-state index < -0.39 is 4.92 Å². The van der Waals surface area contributed by atoms with Crippen molar-refractivity contribution >= 4 is 23.2 Å². The van der Waals surface area contributed by atoms with Gasteiger partial charge in [-0.3, -0.25) is 14.9 Å². The number of nitro groups is 1. The summed E-state index contributed by atoms with van der Waals surface area (Å²) in [6.07, 6.45) is 3.97. The number of ether oxygens (including phenoxy) is 1. The molecule has 0 heterocycles. The second-order valence-electron chi connectivity index (χ2n) is 6.65. The van der Waals surface area contributed by atoms with Crippen LogP contribution in [0.2, 0.25) is 0 Å². The van der Waals surface area contributed by atoms with E-state index in [1.165, 1.54) is 12.1 Å². The van der Waals surface area contributed by atoms with Gasteiger partial charge in [0.25, 0.3) is 5.69 Å². The SMILES string of the molecule is COc1ccccc1N[C@@H](/C=C/c1ccc([N+](=O)[O-])cc1)CC(=O)c1ccccc1. The highest BCUT2D eigenvalue weighted by Crippen LogP contribution is 2.25. The molecule has 0 radical (unpaired) electrons. The number of Topliss-reactive ketones (excluding diaryl/α,β-unsaturated/α-hetero) is 1. The number of para-hydroxylation sites is 2. The summed E-state index contributed by atoms with van der Waals surface area (Å²) in [7, 11) is 1.59. The maximum Gasteiger partial charge on any atom is 0.269 e. The Kier molecular flexibility index (Phi) is 6.95. The van der Waals surface area contributed by atoms with Gasteiger partial charge < -0.3 is 10.1 Å². The molecule has 6 nitrogen and oxygen atoms in total. The summed E-state index contributed by atoms with van der Waals surface area (Å²) < 4.78 is 5.40. The lowest BCUT2D eigenvalue weighted by atomic mass is 10.0. The Labute approximate surface area is 175 Å². The molecule has 3 rings (SSSR count). The zero-order valence-corrected chi connectivity index (χ0v) is 16.5. The Hall–Kier alpha value is -3.93. The van der Waals surface area contributed by atoms with Crippen LogP contribution in [0, 0.1) is 10.1 Å². The lowest BCUT2D eigenvalue weighted by Crippen LogP contribution is -2.21. The Morgan fingerprint density at radius 3 is 2.37 bits per heavy atom. The van der Waals surface area contributed by atoms with Gasteiger partial charge in [0, 0.05) is 24.1 Å². The van der Waals surface area contributed by atoms with Crippen LogP contribution in [-0.2, 0) is 0 Å². The molecule has 30 heavy (non-hydrogen) atoms. The van der Waals surface area contributed by atoms with E-state index in [9.17, 15) is 14.9 Å². The van der Waals surface area contributed by atoms with Crippen molar-refractivity contribution in [1.29, 1.82) is 0 Å². The van der Waals surface area contributed by atoms with Gasteiger partial charge in [-0.1, -0.05) is 54.6 Å². The molecule has 0 amide bonds. The fourth-order valence-corrected chi connectivity index (χ4v) is 3.01. The number of hydrogen-bond acceptors (Lipinski definition) is 5. The predicted octanol–water partition coefficient (Wildman–Crippen LogP) is 5.37. The monoisotopic (exact) mass is 402 g/mol. The molecule has 0 aliphatic rings. The molecule has 0 aliphatic heterocycles. The molecule has 0 bridgehead atoms. The number of nitrogens with zero attached hydrogens (tertiary/aromatic N) is 1. The van der Waals surface area contributed by atoms with E-state index in [4.69, 9.17) is 4.74 Å². The number of rotatable bonds is 9. The molecule has 0 aromatic heterocycles. The number of methoxy groups -OCH3 is 1. The summed E-state index contributed by atoms with van der Waals surface area (Å²) in [6, 6.07) is 22.6. The van der Waals surface area contributed by atoms with Gasteiger partial charge in [0.2, 0.25) is 0 Å². The van der Waals surface area contributed by atoms with Crippen molar-refractivity contribution in [1.82, 2.24) is 0 Å². The van der Waals surface area contributed by atoms with Gasteiger partial charge in [-0.05, 0) is 29.8 Å². The molecule has 6 heteroatoms. The number of carbonyl (C=O) groups is 1. The minimum Gasteiger partial charge on any atom is -0.495 e. The second-order valence-corrected chi connectivity index (χ2v) is 6.65. The normalized spacial score (nSPS) is 11.8. The highest BCUT2D eigenvalue weighted by molar-refractivity contribution is 5.96. The summed E-state index contributed by atoms with van der Waals surface area (Å²) in [4.78, 5) is 23.1. The number of benzene rings is 3. The molecular formula is C24H22N2O4. The van der Waals surface area contributed by atoms with E-state index in [2.05, 4.69) is 5.32 Å². The first-order valence-electron chi connectivity index (χ1n) is 9.47. The van der Waals surface area contributed by atoms with E-state index in [0.717, 1.165) is 11.3 Å². The summed E-state index contributed by atoms with van der Waals surface area (Å²) in [5.41, 5.74) is 2.27. The minimum absolute atomic E-state index is 0.0105. The van der Waals surface area contributed by atoms with Gasteiger partial charge in [-0.25, -0.2) is 0 Å². The first kappa shape index (κ1) is 20.8.